The minimum atomic E-state index is -0.149. The van der Waals surface area contributed by atoms with E-state index in [1.54, 1.807) is 12.1 Å². The normalized spacial score (nSPS) is 15.1. The lowest BCUT2D eigenvalue weighted by molar-refractivity contribution is 0.174. The van der Waals surface area contributed by atoms with Crippen molar-refractivity contribution in [3.05, 3.63) is 35.4 Å². The van der Waals surface area contributed by atoms with Crippen LogP contribution >= 0.6 is 11.6 Å². The van der Waals surface area contributed by atoms with E-state index in [1.807, 2.05) is 6.07 Å². The molecule has 0 saturated carbocycles. The summed E-state index contributed by atoms with van der Waals surface area (Å²) in [5, 5.41) is 0.605. The number of hydrogen-bond acceptors (Lipinski definition) is 3. The molecule has 1 aromatic carbocycles. The fourth-order valence-electron chi connectivity index (χ4n) is 1.52. The number of fused-ring (bicyclic) bond motifs is 1. The van der Waals surface area contributed by atoms with E-state index >= 15 is 0 Å². The third-order valence-electron chi connectivity index (χ3n) is 2.31. The molecule has 1 atom stereocenters. The monoisotopic (exact) mass is 225 g/mol. The molecule has 0 bridgehead atoms. The summed E-state index contributed by atoms with van der Waals surface area (Å²) in [7, 11) is 0. The van der Waals surface area contributed by atoms with Crippen molar-refractivity contribution in [3.63, 3.8) is 0 Å². The molecule has 0 aliphatic carbocycles. The average molecular weight is 226 g/mol. The maximum atomic E-state index is 6.09. The number of rotatable bonds is 3. The van der Waals surface area contributed by atoms with Gasteiger partial charge in [-0.3, -0.25) is 0 Å². The van der Waals surface area contributed by atoms with Gasteiger partial charge in [-0.2, -0.15) is 0 Å². The molecule has 1 aromatic rings. The fourth-order valence-corrected chi connectivity index (χ4v) is 1.82. The Morgan fingerprint density at radius 2 is 2.13 bits per heavy atom. The predicted octanol–water partition coefficient (Wildman–Crippen LogP) is 2.64. The molecular weight excluding hydrogens is 214 g/mol. The molecule has 0 saturated heterocycles. The van der Waals surface area contributed by atoms with Gasteiger partial charge in [-0.25, -0.2) is 0 Å². The Morgan fingerprint density at radius 1 is 1.47 bits per heavy atom. The highest BCUT2D eigenvalue weighted by Crippen LogP contribution is 2.38. The molecule has 0 unspecified atom stereocenters. The first-order valence-corrected chi connectivity index (χ1v) is 5.05. The third-order valence-corrected chi connectivity index (χ3v) is 2.64. The van der Waals surface area contributed by atoms with Crippen LogP contribution in [0.15, 0.2) is 24.8 Å². The molecule has 4 heteroatoms. The smallest absolute Gasteiger partial charge is 0.231 e. The number of halogens is 1. The molecule has 0 amide bonds. The molecule has 3 nitrogen and oxygen atoms in total. The summed E-state index contributed by atoms with van der Waals surface area (Å²) in [6.45, 7) is 3.89. The van der Waals surface area contributed by atoms with Crippen molar-refractivity contribution in [2.75, 3.05) is 6.79 Å². The Bertz CT molecular complexity index is 392. The van der Waals surface area contributed by atoms with Crippen LogP contribution in [0.2, 0.25) is 5.02 Å². The molecule has 15 heavy (non-hydrogen) atoms. The first-order valence-electron chi connectivity index (χ1n) is 4.68. The van der Waals surface area contributed by atoms with Gasteiger partial charge in [0, 0.05) is 17.1 Å². The maximum absolute atomic E-state index is 6.09. The van der Waals surface area contributed by atoms with Gasteiger partial charge in [0.25, 0.3) is 0 Å². The minimum absolute atomic E-state index is 0.149. The van der Waals surface area contributed by atoms with Crippen LogP contribution in [0.3, 0.4) is 0 Å². The summed E-state index contributed by atoms with van der Waals surface area (Å²) >= 11 is 6.09. The average Bonchev–Trinajstić information content (AvgIpc) is 2.63. The topological polar surface area (TPSA) is 44.5 Å². The van der Waals surface area contributed by atoms with Crippen LogP contribution in [0.25, 0.3) is 0 Å². The number of hydrogen-bond donors (Lipinski definition) is 1. The van der Waals surface area contributed by atoms with E-state index in [1.165, 1.54) is 0 Å². The Balaban J connectivity index is 2.35. The second-order valence-electron chi connectivity index (χ2n) is 3.36. The Morgan fingerprint density at radius 3 is 2.80 bits per heavy atom. The lowest BCUT2D eigenvalue weighted by Gasteiger charge is -2.12. The quantitative estimate of drug-likeness (QED) is 0.805. The van der Waals surface area contributed by atoms with Crippen molar-refractivity contribution >= 4 is 11.6 Å². The van der Waals surface area contributed by atoms with Crippen molar-refractivity contribution in [1.82, 2.24) is 0 Å². The largest absolute Gasteiger partial charge is 0.454 e. The zero-order valence-electron chi connectivity index (χ0n) is 8.20. The van der Waals surface area contributed by atoms with Crippen molar-refractivity contribution in [2.24, 2.45) is 5.73 Å². The summed E-state index contributed by atoms with van der Waals surface area (Å²) in [4.78, 5) is 0. The first kappa shape index (κ1) is 10.3. The van der Waals surface area contributed by atoms with Gasteiger partial charge in [-0.1, -0.05) is 17.7 Å². The van der Waals surface area contributed by atoms with Gasteiger partial charge < -0.3 is 15.2 Å². The van der Waals surface area contributed by atoms with Crippen LogP contribution in [-0.2, 0) is 0 Å². The Kier molecular flexibility index (Phi) is 2.84. The van der Waals surface area contributed by atoms with Gasteiger partial charge in [-0.05, 0) is 18.1 Å². The second kappa shape index (κ2) is 4.13. The summed E-state index contributed by atoms with van der Waals surface area (Å²) in [5.41, 5.74) is 6.81. The van der Waals surface area contributed by atoms with E-state index < -0.39 is 0 Å². The zero-order chi connectivity index (χ0) is 10.8. The Hall–Kier alpha value is -1.19. The highest BCUT2D eigenvalue weighted by Gasteiger charge is 2.18. The van der Waals surface area contributed by atoms with E-state index in [-0.39, 0.29) is 12.8 Å². The zero-order valence-corrected chi connectivity index (χ0v) is 8.96. The molecule has 1 heterocycles. The second-order valence-corrected chi connectivity index (χ2v) is 3.77. The van der Waals surface area contributed by atoms with E-state index in [0.29, 0.717) is 22.9 Å². The molecule has 1 aliphatic rings. The molecule has 0 fully saturated rings. The molecule has 0 aromatic heterocycles. The molecule has 0 spiro atoms. The van der Waals surface area contributed by atoms with Crippen molar-refractivity contribution in [2.45, 2.75) is 12.5 Å². The number of nitrogens with two attached hydrogens (primary N) is 1. The van der Waals surface area contributed by atoms with Crippen LogP contribution in [0.4, 0.5) is 0 Å². The van der Waals surface area contributed by atoms with Crippen molar-refractivity contribution in [3.8, 4) is 11.5 Å². The van der Waals surface area contributed by atoms with Gasteiger partial charge in [-0.15, -0.1) is 6.58 Å². The van der Waals surface area contributed by atoms with Gasteiger partial charge in [0.15, 0.2) is 11.5 Å². The van der Waals surface area contributed by atoms with Gasteiger partial charge in [0.2, 0.25) is 6.79 Å². The first-order chi connectivity index (χ1) is 7.22. The molecule has 80 valence electrons. The van der Waals surface area contributed by atoms with Crippen LogP contribution in [-0.4, -0.2) is 6.79 Å². The molecular formula is C11H12ClNO2. The van der Waals surface area contributed by atoms with E-state index in [4.69, 9.17) is 26.8 Å². The molecule has 0 radical (unpaired) electrons. The molecule has 2 N–H and O–H groups in total. The predicted molar refractivity (Wildman–Crippen MR) is 59.3 cm³/mol. The van der Waals surface area contributed by atoms with Crippen LogP contribution in [0.5, 0.6) is 11.5 Å². The van der Waals surface area contributed by atoms with Crippen molar-refractivity contribution in [1.29, 1.82) is 0 Å². The standard InChI is InChI=1S/C11H12ClNO2/c1-2-3-9(13)7-4-10-11(5-8(7)12)15-6-14-10/h2,4-5,9H,1,3,6,13H2/t9-/m1/s1. The summed E-state index contributed by atoms with van der Waals surface area (Å²) in [6, 6.07) is 3.42. The van der Waals surface area contributed by atoms with Gasteiger partial charge >= 0.3 is 0 Å². The van der Waals surface area contributed by atoms with Crippen LogP contribution in [0, 0.1) is 0 Å². The van der Waals surface area contributed by atoms with Gasteiger partial charge in [0.1, 0.15) is 0 Å². The highest BCUT2D eigenvalue weighted by atomic mass is 35.5. The van der Waals surface area contributed by atoms with Crippen molar-refractivity contribution < 1.29 is 9.47 Å². The lowest BCUT2D eigenvalue weighted by atomic mass is 10.0. The molecule has 1 aliphatic heterocycles. The lowest BCUT2D eigenvalue weighted by Crippen LogP contribution is -2.09. The fraction of sp³-hybridized carbons (Fsp3) is 0.273. The molecule has 2 rings (SSSR count). The number of ether oxygens (including phenoxy) is 2. The summed E-state index contributed by atoms with van der Waals surface area (Å²) in [6.07, 6.45) is 2.45. The summed E-state index contributed by atoms with van der Waals surface area (Å²) in [5.74, 6) is 1.38. The van der Waals surface area contributed by atoms with E-state index in [2.05, 4.69) is 6.58 Å². The van der Waals surface area contributed by atoms with E-state index in [9.17, 15) is 0 Å². The Labute approximate surface area is 93.4 Å². The third kappa shape index (κ3) is 1.94. The van der Waals surface area contributed by atoms with Crippen LogP contribution < -0.4 is 15.2 Å². The van der Waals surface area contributed by atoms with Gasteiger partial charge in [0.05, 0.1) is 0 Å². The highest BCUT2D eigenvalue weighted by molar-refractivity contribution is 6.31. The van der Waals surface area contributed by atoms with E-state index in [0.717, 1.165) is 5.56 Å². The minimum Gasteiger partial charge on any atom is -0.454 e. The SMILES string of the molecule is C=CC[C@@H](N)c1cc2c(cc1Cl)OCO2. The van der Waals surface area contributed by atoms with Crippen LogP contribution in [0.1, 0.15) is 18.0 Å². The number of benzene rings is 1. The maximum Gasteiger partial charge on any atom is 0.231 e. The summed E-state index contributed by atoms with van der Waals surface area (Å²) < 4.78 is 10.5.